The maximum atomic E-state index is 13.6. The number of methoxy groups -OCH3 is 1. The zero-order valence-electron chi connectivity index (χ0n) is 19.3. The van der Waals surface area contributed by atoms with Crippen molar-refractivity contribution in [3.8, 4) is 0 Å². The van der Waals surface area contributed by atoms with Gasteiger partial charge < -0.3 is 19.7 Å². The molecule has 2 fully saturated rings. The molecule has 0 saturated carbocycles. The van der Waals surface area contributed by atoms with Crippen molar-refractivity contribution < 1.29 is 28.2 Å². The molecule has 1 N–H and O–H groups in total. The second-order valence-corrected chi connectivity index (χ2v) is 8.98. The number of amides is 3. The third-order valence-corrected chi connectivity index (χ3v) is 6.62. The lowest BCUT2D eigenvalue weighted by molar-refractivity contribution is -0.128. The lowest BCUT2D eigenvalue weighted by Crippen LogP contribution is -2.60. The quantitative estimate of drug-likeness (QED) is 0.612. The van der Waals surface area contributed by atoms with Gasteiger partial charge in [0.1, 0.15) is 17.6 Å². The molecule has 2 aliphatic heterocycles. The minimum Gasteiger partial charge on any atom is -0.383 e. The lowest BCUT2D eigenvalue weighted by atomic mass is 9.96. The minimum atomic E-state index is -1.06. The Morgan fingerprint density at radius 3 is 2.49 bits per heavy atom. The van der Waals surface area contributed by atoms with Gasteiger partial charge in [-0.25, -0.2) is 4.39 Å². The van der Waals surface area contributed by atoms with E-state index in [1.165, 1.54) is 36.3 Å². The maximum absolute atomic E-state index is 13.6. The van der Waals surface area contributed by atoms with E-state index in [4.69, 9.17) is 21.1 Å². The molecular weight excluding hydrogens is 477 g/mol. The first-order chi connectivity index (χ1) is 16.8. The molecule has 0 aliphatic carbocycles. The molecule has 1 spiro atoms. The van der Waals surface area contributed by atoms with E-state index in [-0.39, 0.29) is 24.0 Å². The second-order valence-electron chi connectivity index (χ2n) is 8.54. The van der Waals surface area contributed by atoms with Crippen molar-refractivity contribution in [2.45, 2.75) is 24.6 Å². The Kier molecular flexibility index (Phi) is 7.69. The number of piperidine rings is 1. The van der Waals surface area contributed by atoms with Crippen LogP contribution < -0.4 is 5.32 Å². The van der Waals surface area contributed by atoms with Crippen molar-refractivity contribution in [2.24, 2.45) is 0 Å². The van der Waals surface area contributed by atoms with Gasteiger partial charge >= 0.3 is 0 Å². The van der Waals surface area contributed by atoms with Gasteiger partial charge in [0, 0.05) is 55.7 Å². The van der Waals surface area contributed by atoms with E-state index < -0.39 is 23.5 Å². The Morgan fingerprint density at radius 2 is 1.83 bits per heavy atom. The van der Waals surface area contributed by atoms with Gasteiger partial charge in [0.05, 0.1) is 13.2 Å². The zero-order valence-corrected chi connectivity index (χ0v) is 20.1. The van der Waals surface area contributed by atoms with Gasteiger partial charge in [0.2, 0.25) is 5.91 Å². The van der Waals surface area contributed by atoms with E-state index in [0.717, 1.165) is 0 Å². The van der Waals surface area contributed by atoms with Gasteiger partial charge in [-0.05, 0) is 42.5 Å². The molecule has 10 heteroatoms. The van der Waals surface area contributed by atoms with E-state index in [9.17, 15) is 18.8 Å². The number of nitrogens with one attached hydrogen (secondary N) is 1. The highest BCUT2D eigenvalue weighted by Gasteiger charge is 2.54. The number of rotatable bonds is 6. The predicted molar refractivity (Wildman–Crippen MR) is 127 cm³/mol. The van der Waals surface area contributed by atoms with Crippen LogP contribution in [-0.4, -0.2) is 79.2 Å². The van der Waals surface area contributed by atoms with Crippen LogP contribution in [0.1, 0.15) is 33.6 Å². The van der Waals surface area contributed by atoms with Crippen molar-refractivity contribution >= 4 is 29.3 Å². The monoisotopic (exact) mass is 503 g/mol. The number of carbonyl (C=O) groups is 3. The highest BCUT2D eigenvalue weighted by Crippen LogP contribution is 2.39. The number of likely N-dealkylation sites (tertiary alicyclic amines) is 1. The fourth-order valence-corrected chi connectivity index (χ4v) is 4.75. The van der Waals surface area contributed by atoms with E-state index in [1.807, 2.05) is 0 Å². The summed E-state index contributed by atoms with van der Waals surface area (Å²) in [5, 5.41) is 3.25. The van der Waals surface area contributed by atoms with Crippen molar-refractivity contribution in [1.82, 2.24) is 15.1 Å². The summed E-state index contributed by atoms with van der Waals surface area (Å²) >= 11 is 6.04. The number of halogens is 2. The van der Waals surface area contributed by atoms with Crippen LogP contribution in [0.5, 0.6) is 0 Å². The van der Waals surface area contributed by atoms with Crippen LogP contribution in [0.25, 0.3) is 0 Å². The largest absolute Gasteiger partial charge is 0.383 e. The Balaban J connectivity index is 1.55. The van der Waals surface area contributed by atoms with Crippen molar-refractivity contribution in [2.75, 3.05) is 40.0 Å². The molecule has 4 rings (SSSR count). The SMILES string of the molecule is COCCNC(=O)C1COC2(CCN(C(=O)c3cccc(Cl)c3)CC2)N1C(=O)c1ccc(F)cc1. The summed E-state index contributed by atoms with van der Waals surface area (Å²) in [6.07, 6.45) is 0.655. The molecule has 2 aliphatic rings. The number of hydrogen-bond donors (Lipinski definition) is 1. The Hall–Kier alpha value is -3.01. The van der Waals surface area contributed by atoms with E-state index in [2.05, 4.69) is 5.32 Å². The number of nitrogens with zero attached hydrogens (tertiary/aromatic N) is 2. The van der Waals surface area contributed by atoms with Crippen LogP contribution in [0.4, 0.5) is 4.39 Å². The van der Waals surface area contributed by atoms with Crippen molar-refractivity contribution in [3.05, 3.63) is 70.5 Å². The topological polar surface area (TPSA) is 88.2 Å². The smallest absolute Gasteiger partial charge is 0.256 e. The first-order valence-corrected chi connectivity index (χ1v) is 11.8. The molecule has 2 aromatic carbocycles. The molecule has 186 valence electrons. The molecule has 3 amide bonds. The van der Waals surface area contributed by atoms with Crippen LogP contribution in [-0.2, 0) is 14.3 Å². The van der Waals surface area contributed by atoms with Gasteiger partial charge in [-0.3, -0.25) is 19.3 Å². The molecule has 1 atom stereocenters. The standard InChI is InChI=1S/C25H27ClFN3O5/c1-34-14-11-28-22(31)21-16-35-25(30(21)24(33)17-5-7-20(27)8-6-17)9-12-29(13-10-25)23(32)18-3-2-4-19(26)15-18/h2-8,15,21H,9-14,16H2,1H3,(H,28,31). The number of carbonyl (C=O) groups excluding carboxylic acids is 3. The lowest BCUT2D eigenvalue weighted by Gasteiger charge is -2.44. The Labute approximate surface area is 207 Å². The minimum absolute atomic E-state index is 0.0218. The molecule has 0 aromatic heterocycles. The highest BCUT2D eigenvalue weighted by molar-refractivity contribution is 6.30. The summed E-state index contributed by atoms with van der Waals surface area (Å²) in [6, 6.07) is 11.1. The summed E-state index contributed by atoms with van der Waals surface area (Å²) in [5.41, 5.74) is -0.321. The van der Waals surface area contributed by atoms with Crippen molar-refractivity contribution in [3.63, 3.8) is 0 Å². The van der Waals surface area contributed by atoms with Crippen LogP contribution >= 0.6 is 11.6 Å². The summed E-state index contributed by atoms with van der Waals surface area (Å²) in [7, 11) is 1.53. The Bertz CT molecular complexity index is 1090. The molecule has 0 bridgehead atoms. The molecule has 2 saturated heterocycles. The molecule has 8 nitrogen and oxygen atoms in total. The van der Waals surface area contributed by atoms with Crippen LogP contribution in [0, 0.1) is 5.82 Å². The van der Waals surface area contributed by atoms with Gasteiger partial charge in [-0.2, -0.15) is 0 Å². The summed E-state index contributed by atoms with van der Waals surface area (Å²) in [4.78, 5) is 42.7. The second kappa shape index (κ2) is 10.7. The van der Waals surface area contributed by atoms with Gasteiger partial charge in [-0.1, -0.05) is 17.7 Å². The van der Waals surface area contributed by atoms with Crippen LogP contribution in [0.15, 0.2) is 48.5 Å². The van der Waals surface area contributed by atoms with Crippen LogP contribution in [0.3, 0.4) is 0 Å². The van der Waals surface area contributed by atoms with Gasteiger partial charge in [0.25, 0.3) is 11.8 Å². The number of hydrogen-bond acceptors (Lipinski definition) is 5. The normalized spacial score (nSPS) is 19.1. The maximum Gasteiger partial charge on any atom is 0.256 e. The molecule has 0 radical (unpaired) electrons. The van der Waals surface area contributed by atoms with Gasteiger partial charge in [-0.15, -0.1) is 0 Å². The Morgan fingerprint density at radius 1 is 1.11 bits per heavy atom. The van der Waals surface area contributed by atoms with E-state index in [0.29, 0.717) is 49.7 Å². The van der Waals surface area contributed by atoms with Crippen LogP contribution in [0.2, 0.25) is 5.02 Å². The molecule has 2 heterocycles. The first-order valence-electron chi connectivity index (χ1n) is 11.4. The average molecular weight is 504 g/mol. The highest BCUT2D eigenvalue weighted by atomic mass is 35.5. The fraction of sp³-hybridized carbons (Fsp3) is 0.400. The molecule has 1 unspecified atom stereocenters. The van der Waals surface area contributed by atoms with Crippen molar-refractivity contribution in [1.29, 1.82) is 0 Å². The molecule has 35 heavy (non-hydrogen) atoms. The molecule has 2 aromatic rings. The summed E-state index contributed by atoms with van der Waals surface area (Å²) < 4.78 is 24.6. The third kappa shape index (κ3) is 5.32. The number of ether oxygens (including phenoxy) is 2. The van der Waals surface area contributed by atoms with Gasteiger partial charge in [0.15, 0.2) is 0 Å². The first kappa shape index (κ1) is 25.1. The predicted octanol–water partition coefficient (Wildman–Crippen LogP) is 2.72. The average Bonchev–Trinajstić information content (AvgIpc) is 3.22. The summed E-state index contributed by atoms with van der Waals surface area (Å²) in [5.74, 6) is -1.41. The fourth-order valence-electron chi connectivity index (χ4n) is 4.56. The summed E-state index contributed by atoms with van der Waals surface area (Å²) in [6.45, 7) is 1.30. The zero-order chi connectivity index (χ0) is 25.0. The third-order valence-electron chi connectivity index (χ3n) is 6.38. The molecular formula is C25H27ClFN3O5. The van der Waals surface area contributed by atoms with E-state index in [1.54, 1.807) is 29.2 Å². The number of benzene rings is 2. The van der Waals surface area contributed by atoms with E-state index >= 15 is 0 Å².